The van der Waals surface area contributed by atoms with Gasteiger partial charge in [-0.15, -0.1) is 0 Å². The van der Waals surface area contributed by atoms with Crippen molar-refractivity contribution in [3.8, 4) is 0 Å². The number of rotatable bonds is 7. The Morgan fingerprint density at radius 1 is 1.30 bits per heavy atom. The number of carbonyl (C=O) groups excluding carboxylic acids is 2. The van der Waals surface area contributed by atoms with E-state index >= 15 is 0 Å². The number of hydrogen-bond donors (Lipinski definition) is 1. The molecule has 1 saturated carbocycles. The molecule has 1 heterocycles. The summed E-state index contributed by atoms with van der Waals surface area (Å²) in [5.74, 6) is 0.346. The van der Waals surface area contributed by atoms with Gasteiger partial charge in [0.05, 0.1) is 6.61 Å². The third-order valence-corrected chi connectivity index (χ3v) is 4.48. The molecule has 20 heavy (non-hydrogen) atoms. The van der Waals surface area contributed by atoms with Crippen molar-refractivity contribution < 1.29 is 14.3 Å². The van der Waals surface area contributed by atoms with E-state index in [0.717, 1.165) is 19.3 Å². The molecule has 114 valence electrons. The summed E-state index contributed by atoms with van der Waals surface area (Å²) in [6, 6.07) is -0.375. The quantitative estimate of drug-likeness (QED) is 0.716. The van der Waals surface area contributed by atoms with Gasteiger partial charge in [-0.25, -0.2) is 0 Å². The van der Waals surface area contributed by atoms with E-state index in [2.05, 4.69) is 12.2 Å². The van der Waals surface area contributed by atoms with Crippen molar-refractivity contribution in [2.45, 2.75) is 58.0 Å². The van der Waals surface area contributed by atoms with Crippen LogP contribution in [0.1, 0.15) is 46.5 Å². The minimum atomic E-state index is -0.682. The number of nitrogens with one attached hydrogen (secondary N) is 1. The summed E-state index contributed by atoms with van der Waals surface area (Å²) >= 11 is 0. The zero-order chi connectivity index (χ0) is 14.8. The first-order valence-corrected chi connectivity index (χ1v) is 7.75. The number of carbonyl (C=O) groups is 2. The standard InChI is InChI=1S/C15H26N2O3/c1-4-9-20-10-8-17-13(18)12(5-2)16-14(19)15(17,3)11-6-7-11/h11-12H,4-10H2,1-3H3,(H,16,19). The van der Waals surface area contributed by atoms with E-state index in [9.17, 15) is 9.59 Å². The average molecular weight is 282 g/mol. The van der Waals surface area contributed by atoms with Gasteiger partial charge in [0.25, 0.3) is 0 Å². The Hall–Kier alpha value is -1.10. The molecule has 0 spiro atoms. The van der Waals surface area contributed by atoms with Crippen molar-refractivity contribution in [1.29, 1.82) is 0 Å². The lowest BCUT2D eigenvalue weighted by atomic mass is 9.87. The van der Waals surface area contributed by atoms with Crippen LogP contribution in [0.25, 0.3) is 0 Å². The summed E-state index contributed by atoms with van der Waals surface area (Å²) in [7, 11) is 0. The molecule has 2 atom stereocenters. The molecular formula is C15H26N2O3. The molecule has 2 amide bonds. The summed E-state index contributed by atoms with van der Waals surface area (Å²) < 4.78 is 5.51. The summed E-state index contributed by atoms with van der Waals surface area (Å²) in [4.78, 5) is 26.8. The van der Waals surface area contributed by atoms with E-state index in [4.69, 9.17) is 4.74 Å². The van der Waals surface area contributed by atoms with E-state index < -0.39 is 5.54 Å². The highest BCUT2D eigenvalue weighted by Gasteiger charge is 2.56. The first kappa shape index (κ1) is 15.3. The van der Waals surface area contributed by atoms with Gasteiger partial charge in [-0.1, -0.05) is 13.8 Å². The van der Waals surface area contributed by atoms with Crippen LogP contribution in [0.2, 0.25) is 0 Å². The Kier molecular flexibility index (Phi) is 4.68. The highest BCUT2D eigenvalue weighted by atomic mass is 16.5. The van der Waals surface area contributed by atoms with Gasteiger partial charge in [-0.3, -0.25) is 9.59 Å². The van der Waals surface area contributed by atoms with Crippen molar-refractivity contribution in [3.63, 3.8) is 0 Å². The molecule has 1 aliphatic carbocycles. The Morgan fingerprint density at radius 3 is 2.55 bits per heavy atom. The number of hydrogen-bond acceptors (Lipinski definition) is 3. The molecule has 1 aliphatic heterocycles. The van der Waals surface area contributed by atoms with E-state index in [1.807, 2.05) is 13.8 Å². The largest absolute Gasteiger partial charge is 0.380 e. The summed E-state index contributed by atoms with van der Waals surface area (Å²) in [6.45, 7) is 7.60. The number of amides is 2. The molecule has 5 heteroatoms. The molecule has 0 radical (unpaired) electrons. The second-order valence-corrected chi connectivity index (χ2v) is 5.96. The lowest BCUT2D eigenvalue weighted by molar-refractivity contribution is -0.159. The normalized spacial score (nSPS) is 30.6. The Labute approximate surface area is 121 Å². The Bertz CT molecular complexity index is 381. The Morgan fingerprint density at radius 2 is 2.00 bits per heavy atom. The number of ether oxygens (including phenoxy) is 1. The lowest BCUT2D eigenvalue weighted by Gasteiger charge is -2.46. The lowest BCUT2D eigenvalue weighted by Crippen LogP contribution is -2.70. The highest BCUT2D eigenvalue weighted by Crippen LogP contribution is 2.44. The van der Waals surface area contributed by atoms with Crippen LogP contribution in [0.15, 0.2) is 0 Å². The SMILES string of the molecule is CCCOCCN1C(=O)C(CC)NC(=O)C1(C)C1CC1. The fourth-order valence-electron chi connectivity index (χ4n) is 2.98. The minimum Gasteiger partial charge on any atom is -0.380 e. The second-order valence-electron chi connectivity index (χ2n) is 5.96. The van der Waals surface area contributed by atoms with Gasteiger partial charge in [0.2, 0.25) is 11.8 Å². The van der Waals surface area contributed by atoms with Gasteiger partial charge in [0, 0.05) is 13.2 Å². The maximum Gasteiger partial charge on any atom is 0.246 e. The van der Waals surface area contributed by atoms with Crippen molar-refractivity contribution in [2.75, 3.05) is 19.8 Å². The monoisotopic (exact) mass is 282 g/mol. The van der Waals surface area contributed by atoms with Crippen LogP contribution in [-0.4, -0.2) is 48.1 Å². The van der Waals surface area contributed by atoms with Crippen molar-refractivity contribution in [3.05, 3.63) is 0 Å². The van der Waals surface area contributed by atoms with Gasteiger partial charge in [-0.05, 0) is 38.5 Å². The third kappa shape index (κ3) is 2.68. The van der Waals surface area contributed by atoms with Crippen molar-refractivity contribution in [2.24, 2.45) is 5.92 Å². The fraction of sp³-hybridized carbons (Fsp3) is 0.867. The van der Waals surface area contributed by atoms with Crippen LogP contribution in [0.3, 0.4) is 0 Å². The molecule has 0 bridgehead atoms. The molecule has 2 unspecified atom stereocenters. The van der Waals surface area contributed by atoms with Gasteiger partial charge in [0.1, 0.15) is 11.6 Å². The van der Waals surface area contributed by atoms with E-state index in [0.29, 0.717) is 32.1 Å². The van der Waals surface area contributed by atoms with Crippen LogP contribution in [0.4, 0.5) is 0 Å². The van der Waals surface area contributed by atoms with E-state index in [1.165, 1.54) is 0 Å². The molecule has 2 rings (SSSR count). The summed E-state index contributed by atoms with van der Waals surface area (Å²) in [5.41, 5.74) is -0.682. The predicted molar refractivity (Wildman–Crippen MR) is 76.2 cm³/mol. The van der Waals surface area contributed by atoms with Crippen LogP contribution < -0.4 is 5.32 Å². The molecule has 1 saturated heterocycles. The molecule has 0 aromatic carbocycles. The molecular weight excluding hydrogens is 256 g/mol. The van der Waals surface area contributed by atoms with Gasteiger partial charge in [0.15, 0.2) is 0 Å². The maximum absolute atomic E-state index is 12.6. The Balaban J connectivity index is 2.11. The smallest absolute Gasteiger partial charge is 0.246 e. The van der Waals surface area contributed by atoms with Crippen LogP contribution in [-0.2, 0) is 14.3 Å². The molecule has 2 fully saturated rings. The molecule has 5 nitrogen and oxygen atoms in total. The van der Waals surface area contributed by atoms with Crippen molar-refractivity contribution in [1.82, 2.24) is 10.2 Å². The van der Waals surface area contributed by atoms with Crippen LogP contribution in [0.5, 0.6) is 0 Å². The van der Waals surface area contributed by atoms with Crippen LogP contribution in [0, 0.1) is 5.92 Å². The highest BCUT2D eigenvalue weighted by molar-refractivity contribution is 6.00. The predicted octanol–water partition coefficient (Wildman–Crippen LogP) is 1.32. The number of nitrogens with zero attached hydrogens (tertiary/aromatic N) is 1. The average Bonchev–Trinajstić information content (AvgIpc) is 3.26. The van der Waals surface area contributed by atoms with Gasteiger partial charge in [-0.2, -0.15) is 0 Å². The zero-order valence-corrected chi connectivity index (χ0v) is 12.8. The first-order chi connectivity index (χ1) is 9.55. The zero-order valence-electron chi connectivity index (χ0n) is 12.8. The van der Waals surface area contributed by atoms with E-state index in [-0.39, 0.29) is 17.9 Å². The number of piperazine rings is 1. The third-order valence-electron chi connectivity index (χ3n) is 4.48. The topological polar surface area (TPSA) is 58.6 Å². The van der Waals surface area contributed by atoms with Crippen LogP contribution >= 0.6 is 0 Å². The summed E-state index contributed by atoms with van der Waals surface area (Å²) in [5, 5.41) is 2.89. The maximum atomic E-state index is 12.6. The molecule has 1 N–H and O–H groups in total. The minimum absolute atomic E-state index is 0.00180. The molecule has 0 aromatic rings. The fourth-order valence-corrected chi connectivity index (χ4v) is 2.98. The second kappa shape index (κ2) is 6.12. The van der Waals surface area contributed by atoms with Gasteiger partial charge < -0.3 is 15.0 Å². The molecule has 2 aliphatic rings. The van der Waals surface area contributed by atoms with E-state index in [1.54, 1.807) is 4.90 Å². The van der Waals surface area contributed by atoms with Gasteiger partial charge >= 0.3 is 0 Å². The van der Waals surface area contributed by atoms with Crippen molar-refractivity contribution >= 4 is 11.8 Å². The summed E-state index contributed by atoms with van der Waals surface area (Å²) in [6.07, 6.45) is 3.66. The molecule has 0 aromatic heterocycles. The first-order valence-electron chi connectivity index (χ1n) is 7.75.